The van der Waals surface area contributed by atoms with Crippen LogP contribution in [0.1, 0.15) is 41.7 Å². The molecule has 0 bridgehead atoms. The van der Waals surface area contributed by atoms with Crippen LogP contribution in [-0.4, -0.2) is 22.1 Å². The summed E-state index contributed by atoms with van der Waals surface area (Å²) in [5, 5.41) is 13.5. The number of aromatic nitrogens is 2. The van der Waals surface area contributed by atoms with Crippen LogP contribution in [0.4, 0.5) is 24.7 Å². The number of carbonyl (C=O) groups excluding carboxylic acids is 1. The molecular weight excluding hydrogens is 333 g/mol. The Morgan fingerprint density at radius 3 is 2.48 bits per heavy atom. The molecule has 0 atom stereocenters. The van der Waals surface area contributed by atoms with Gasteiger partial charge in [0.1, 0.15) is 5.82 Å². The van der Waals surface area contributed by atoms with E-state index in [1.807, 2.05) is 0 Å². The van der Waals surface area contributed by atoms with Crippen molar-refractivity contribution in [3.63, 3.8) is 0 Å². The van der Waals surface area contributed by atoms with Crippen molar-refractivity contribution in [3.05, 3.63) is 47.7 Å². The van der Waals surface area contributed by atoms with Crippen LogP contribution in [0.25, 0.3) is 0 Å². The maximum absolute atomic E-state index is 12.7. The third-order valence-corrected chi connectivity index (χ3v) is 4.05. The second kappa shape index (κ2) is 7.08. The van der Waals surface area contributed by atoms with Crippen LogP contribution in [-0.2, 0) is 6.18 Å². The zero-order chi connectivity index (χ0) is 17.9. The van der Waals surface area contributed by atoms with Gasteiger partial charge in [0.2, 0.25) is 0 Å². The molecule has 25 heavy (non-hydrogen) atoms. The third kappa shape index (κ3) is 4.46. The first-order valence-corrected chi connectivity index (χ1v) is 8.01. The number of hydrogen-bond donors (Lipinski definition) is 2. The highest BCUT2D eigenvalue weighted by Gasteiger charge is 2.30. The molecule has 1 saturated carbocycles. The average Bonchev–Trinajstić information content (AvgIpc) is 3.08. The Morgan fingerprint density at radius 2 is 1.84 bits per heavy atom. The van der Waals surface area contributed by atoms with Gasteiger partial charge in [0.15, 0.2) is 5.69 Å². The van der Waals surface area contributed by atoms with Crippen molar-refractivity contribution in [2.24, 2.45) is 0 Å². The number of nitrogens with zero attached hydrogens (tertiary/aromatic N) is 2. The third-order valence-electron chi connectivity index (χ3n) is 4.05. The zero-order valence-electron chi connectivity index (χ0n) is 13.3. The Balaban J connectivity index is 1.65. The van der Waals surface area contributed by atoms with Crippen molar-refractivity contribution < 1.29 is 18.0 Å². The van der Waals surface area contributed by atoms with Gasteiger partial charge in [-0.3, -0.25) is 4.79 Å². The lowest BCUT2D eigenvalue weighted by atomic mass is 10.2. The number of anilines is 2. The number of benzene rings is 1. The summed E-state index contributed by atoms with van der Waals surface area (Å²) in [5.74, 6) is -0.0261. The SMILES string of the molecule is O=C(Nc1cccc(C(F)(F)F)c1)c1ccc(NC2CCCC2)nn1. The van der Waals surface area contributed by atoms with Crippen molar-refractivity contribution >= 4 is 17.4 Å². The second-order valence-electron chi connectivity index (χ2n) is 5.96. The molecule has 1 amide bonds. The van der Waals surface area contributed by atoms with E-state index < -0.39 is 17.6 Å². The van der Waals surface area contributed by atoms with Gasteiger partial charge in [-0.25, -0.2) is 0 Å². The largest absolute Gasteiger partial charge is 0.416 e. The van der Waals surface area contributed by atoms with E-state index in [2.05, 4.69) is 20.8 Å². The average molecular weight is 350 g/mol. The second-order valence-corrected chi connectivity index (χ2v) is 5.96. The minimum Gasteiger partial charge on any atom is -0.366 e. The Morgan fingerprint density at radius 1 is 1.08 bits per heavy atom. The molecule has 1 fully saturated rings. The fourth-order valence-electron chi connectivity index (χ4n) is 2.78. The highest BCUT2D eigenvalue weighted by molar-refractivity contribution is 6.02. The van der Waals surface area contributed by atoms with Crippen LogP contribution >= 0.6 is 0 Å². The summed E-state index contributed by atoms with van der Waals surface area (Å²) < 4.78 is 38.1. The predicted octanol–water partition coefficient (Wildman–Crippen LogP) is 4.10. The summed E-state index contributed by atoms with van der Waals surface area (Å²) in [6.45, 7) is 0. The first kappa shape index (κ1) is 17.2. The Bertz CT molecular complexity index is 740. The molecule has 1 aliphatic rings. The molecule has 2 aromatic rings. The number of carbonyl (C=O) groups is 1. The maximum Gasteiger partial charge on any atom is 0.416 e. The van der Waals surface area contributed by atoms with E-state index in [0.717, 1.165) is 25.0 Å². The Kier molecular flexibility index (Phi) is 4.87. The van der Waals surface area contributed by atoms with Gasteiger partial charge >= 0.3 is 6.18 Å². The molecular formula is C17H17F3N4O. The molecule has 3 rings (SSSR count). The van der Waals surface area contributed by atoms with Gasteiger partial charge in [0.25, 0.3) is 5.91 Å². The first-order valence-electron chi connectivity index (χ1n) is 8.01. The highest BCUT2D eigenvalue weighted by Crippen LogP contribution is 2.30. The van der Waals surface area contributed by atoms with Crippen molar-refractivity contribution in [1.29, 1.82) is 0 Å². The lowest BCUT2D eigenvalue weighted by molar-refractivity contribution is -0.137. The summed E-state index contributed by atoms with van der Waals surface area (Å²) in [4.78, 5) is 12.1. The number of amides is 1. The van der Waals surface area contributed by atoms with Crippen molar-refractivity contribution in [3.8, 4) is 0 Å². The zero-order valence-corrected chi connectivity index (χ0v) is 13.3. The lowest BCUT2D eigenvalue weighted by Crippen LogP contribution is -2.18. The van der Waals surface area contributed by atoms with Crippen LogP contribution in [0.3, 0.4) is 0 Å². The molecule has 0 saturated heterocycles. The molecule has 2 N–H and O–H groups in total. The number of nitrogens with one attached hydrogen (secondary N) is 2. The fraction of sp³-hybridized carbons (Fsp3) is 0.353. The minimum atomic E-state index is -4.46. The van der Waals surface area contributed by atoms with Crippen LogP contribution < -0.4 is 10.6 Å². The number of hydrogen-bond acceptors (Lipinski definition) is 4. The van der Waals surface area contributed by atoms with Gasteiger partial charge in [-0.15, -0.1) is 10.2 Å². The van der Waals surface area contributed by atoms with E-state index >= 15 is 0 Å². The summed E-state index contributed by atoms with van der Waals surface area (Å²) >= 11 is 0. The van der Waals surface area contributed by atoms with E-state index in [-0.39, 0.29) is 11.4 Å². The van der Waals surface area contributed by atoms with Crippen LogP contribution in [0.15, 0.2) is 36.4 Å². The monoisotopic (exact) mass is 350 g/mol. The molecule has 0 spiro atoms. The quantitative estimate of drug-likeness (QED) is 0.871. The van der Waals surface area contributed by atoms with Crippen LogP contribution in [0.2, 0.25) is 0 Å². The van der Waals surface area contributed by atoms with E-state index in [1.54, 1.807) is 6.07 Å². The molecule has 8 heteroatoms. The summed E-state index contributed by atoms with van der Waals surface area (Å²) in [6, 6.07) is 7.95. The van der Waals surface area contributed by atoms with Crippen molar-refractivity contribution in [2.45, 2.75) is 37.9 Å². The van der Waals surface area contributed by atoms with E-state index in [0.29, 0.717) is 11.9 Å². The normalized spacial score (nSPS) is 15.2. The van der Waals surface area contributed by atoms with Gasteiger partial charge in [0, 0.05) is 11.7 Å². The van der Waals surface area contributed by atoms with Crippen LogP contribution in [0, 0.1) is 0 Å². The number of rotatable bonds is 4. The molecule has 132 valence electrons. The topological polar surface area (TPSA) is 66.9 Å². The Hall–Kier alpha value is -2.64. The van der Waals surface area contributed by atoms with Gasteiger partial charge in [-0.1, -0.05) is 18.9 Å². The number of halogens is 3. The highest BCUT2D eigenvalue weighted by atomic mass is 19.4. The molecule has 5 nitrogen and oxygen atoms in total. The van der Waals surface area contributed by atoms with Crippen LogP contribution in [0.5, 0.6) is 0 Å². The molecule has 0 radical (unpaired) electrons. The van der Waals surface area contributed by atoms with E-state index in [9.17, 15) is 18.0 Å². The molecule has 1 aromatic heterocycles. The molecule has 0 aliphatic heterocycles. The van der Waals surface area contributed by atoms with Crippen molar-refractivity contribution in [2.75, 3.05) is 10.6 Å². The predicted molar refractivity (Wildman–Crippen MR) is 87.3 cm³/mol. The minimum absolute atomic E-state index is 0.0365. The van der Waals surface area contributed by atoms with E-state index in [1.165, 1.54) is 31.0 Å². The maximum atomic E-state index is 12.7. The Labute approximate surface area is 142 Å². The van der Waals surface area contributed by atoms with Gasteiger partial charge in [-0.05, 0) is 43.2 Å². The molecule has 1 aliphatic carbocycles. The summed E-state index contributed by atoms with van der Waals surface area (Å²) in [6.07, 6.45) is 0.0676. The van der Waals surface area contributed by atoms with E-state index in [4.69, 9.17) is 0 Å². The van der Waals surface area contributed by atoms with Gasteiger partial charge < -0.3 is 10.6 Å². The fourth-order valence-corrected chi connectivity index (χ4v) is 2.78. The summed E-state index contributed by atoms with van der Waals surface area (Å²) in [5.41, 5.74) is -0.739. The molecule has 1 heterocycles. The van der Waals surface area contributed by atoms with Gasteiger partial charge in [0.05, 0.1) is 5.56 Å². The van der Waals surface area contributed by atoms with Crippen molar-refractivity contribution in [1.82, 2.24) is 10.2 Å². The molecule has 1 aromatic carbocycles. The smallest absolute Gasteiger partial charge is 0.366 e. The first-order chi connectivity index (χ1) is 11.9. The van der Waals surface area contributed by atoms with Gasteiger partial charge in [-0.2, -0.15) is 13.2 Å². The summed E-state index contributed by atoms with van der Waals surface area (Å²) in [7, 11) is 0. The number of alkyl halides is 3. The standard InChI is InChI=1S/C17H17F3N4O/c18-17(19,20)11-4-3-7-13(10-11)22-16(25)14-8-9-15(24-23-14)21-12-5-1-2-6-12/h3-4,7-10,12H,1-2,5-6H2,(H,21,24)(H,22,25). The lowest BCUT2D eigenvalue weighted by Gasteiger charge is -2.12. The molecule has 0 unspecified atom stereocenters.